The zero-order valence-corrected chi connectivity index (χ0v) is 61.8. The number of likely N-dealkylation sites (tertiary alicyclic amines) is 2. The molecular formula is C68H130N4O9Si4. The van der Waals surface area contributed by atoms with Gasteiger partial charge in [-0.05, 0) is 183 Å². The second-order valence-corrected chi connectivity index (χ2v) is 46.9. The van der Waals surface area contributed by atoms with E-state index in [1.54, 1.807) is 0 Å². The molecule has 4 amide bonds. The van der Waals surface area contributed by atoms with Gasteiger partial charge < -0.3 is 24.4 Å². The number of esters is 2. The molecule has 0 spiro atoms. The Kier molecular flexibility index (Phi) is 38.0. The Balaban J connectivity index is 0.000000857. The monoisotopic (exact) mass is 1260 g/mol. The molecular weight excluding hydrogens is 1130 g/mol. The molecule has 13 nitrogen and oxygen atoms in total. The summed E-state index contributed by atoms with van der Waals surface area (Å²) >= 11 is 0. The maximum atomic E-state index is 13.4. The second-order valence-electron chi connectivity index (χ2n) is 29.2. The number of cyclic esters (lactones) is 2. The molecule has 3 rings (SSSR count). The summed E-state index contributed by atoms with van der Waals surface area (Å²) in [5, 5.41) is 0. The molecule has 3 fully saturated rings. The fourth-order valence-corrected chi connectivity index (χ4v) is 30.8. The molecule has 0 aromatic heterocycles. The molecule has 3 aliphatic rings. The predicted octanol–water partition coefficient (Wildman–Crippen LogP) is 16.5. The first-order chi connectivity index (χ1) is 39.6. The number of imide groups is 2. The molecule has 3 saturated heterocycles. The van der Waals surface area contributed by atoms with Crippen LogP contribution in [0.1, 0.15) is 204 Å². The predicted molar refractivity (Wildman–Crippen MR) is 365 cm³/mol. The Hall–Kier alpha value is -2.65. The highest BCUT2D eigenvalue weighted by atomic mass is 28.4. The minimum Gasteiger partial charge on any atom is -0.455 e. The fourth-order valence-electron chi connectivity index (χ4n) is 13.3. The standard InChI is InChI=1S/C42H76N2O5Si2.C16H26O3.C10H28N2OSi2/c1-13-16-19-31(4)25-32(5)26-34(7)37-29-39(45)43(41(37)47)21-18-23-50(9,10)49-51(11,12)24-22-44-40(46)30-38(42(44)48)35(8)27-33(6)28-36(15-3)20-17-14-2;1-5-6-7-11(2)8-12(3)9-13(4)14-10-15(17)19-16(14)18;1-14(2,9-5-7-11)13-15(3,4)10-6-8-12/h31-33,36-38H,7-8,13-30H2,1-6,9-12H3;11-12,14H,4-10H2,1-3H3;5-12H2,1-4H3. The van der Waals surface area contributed by atoms with E-state index in [1.165, 1.54) is 86.1 Å². The van der Waals surface area contributed by atoms with Crippen molar-refractivity contribution < 1.29 is 41.7 Å². The van der Waals surface area contributed by atoms with Gasteiger partial charge in [-0.1, -0.05) is 163 Å². The zero-order valence-electron chi connectivity index (χ0n) is 57.8. The third-order valence-corrected chi connectivity index (χ3v) is 32.8. The molecule has 0 aromatic carbocycles. The van der Waals surface area contributed by atoms with Crippen molar-refractivity contribution in [1.82, 2.24) is 9.80 Å². The van der Waals surface area contributed by atoms with Crippen molar-refractivity contribution >= 4 is 68.8 Å². The summed E-state index contributed by atoms with van der Waals surface area (Å²) in [6, 6.07) is 3.89. The number of nitrogens with two attached hydrogens (primary N) is 2. The topological polar surface area (TPSA) is 189 Å². The molecule has 0 aliphatic carbocycles. The van der Waals surface area contributed by atoms with Crippen LogP contribution in [0.25, 0.3) is 0 Å². The number of hydrogen-bond donors (Lipinski definition) is 2. The van der Waals surface area contributed by atoms with Crippen LogP contribution in [0.2, 0.25) is 76.6 Å². The number of rotatable bonds is 42. The Morgan fingerprint density at radius 3 is 1.24 bits per heavy atom. The van der Waals surface area contributed by atoms with E-state index in [1.807, 2.05) is 0 Å². The molecule has 3 heterocycles. The van der Waals surface area contributed by atoms with Crippen molar-refractivity contribution in [2.75, 3.05) is 26.2 Å². The van der Waals surface area contributed by atoms with Crippen LogP contribution in [0, 0.1) is 53.3 Å². The molecule has 9 unspecified atom stereocenters. The summed E-state index contributed by atoms with van der Waals surface area (Å²) in [6.45, 7) is 53.1. The van der Waals surface area contributed by atoms with Crippen LogP contribution in [-0.4, -0.2) is 105 Å². The lowest BCUT2D eigenvalue weighted by molar-refractivity contribution is -0.153. The molecule has 17 heteroatoms. The number of amides is 4. The largest absolute Gasteiger partial charge is 0.455 e. The first kappa shape index (κ1) is 80.4. The minimum absolute atomic E-state index is 0.0844. The molecule has 0 aromatic rings. The highest BCUT2D eigenvalue weighted by molar-refractivity contribution is 6.85. The van der Waals surface area contributed by atoms with Crippen LogP contribution >= 0.6 is 0 Å². The maximum Gasteiger partial charge on any atom is 0.321 e. The molecule has 85 heavy (non-hydrogen) atoms. The van der Waals surface area contributed by atoms with E-state index in [0.29, 0.717) is 61.1 Å². The van der Waals surface area contributed by atoms with Crippen molar-refractivity contribution in [3.63, 3.8) is 0 Å². The van der Waals surface area contributed by atoms with Gasteiger partial charge in [-0.2, -0.15) is 0 Å². The summed E-state index contributed by atoms with van der Waals surface area (Å²) < 4.78 is 17.8. The number of hydrogen-bond acceptors (Lipinski definition) is 11. The van der Waals surface area contributed by atoms with Crippen LogP contribution in [0.4, 0.5) is 0 Å². The van der Waals surface area contributed by atoms with Crippen molar-refractivity contribution in [2.45, 2.75) is 280 Å². The van der Waals surface area contributed by atoms with Crippen molar-refractivity contribution in [3.05, 3.63) is 36.5 Å². The van der Waals surface area contributed by atoms with Crippen molar-refractivity contribution in [2.24, 2.45) is 64.7 Å². The maximum absolute atomic E-state index is 13.4. The highest BCUT2D eigenvalue weighted by Crippen LogP contribution is 2.36. The highest BCUT2D eigenvalue weighted by Gasteiger charge is 2.43. The summed E-state index contributed by atoms with van der Waals surface area (Å²) in [5.41, 5.74) is 13.7. The lowest BCUT2D eigenvalue weighted by Crippen LogP contribution is -2.47. The van der Waals surface area contributed by atoms with Gasteiger partial charge in [-0.15, -0.1) is 0 Å². The van der Waals surface area contributed by atoms with Gasteiger partial charge >= 0.3 is 11.9 Å². The summed E-state index contributed by atoms with van der Waals surface area (Å²) in [6.07, 6.45) is 21.8. The number of carbonyl (C=O) groups excluding carboxylic acids is 6. The Bertz CT molecular complexity index is 2080. The zero-order chi connectivity index (χ0) is 64.9. The first-order valence-electron chi connectivity index (χ1n) is 33.9. The van der Waals surface area contributed by atoms with Gasteiger partial charge in [0.1, 0.15) is 0 Å². The van der Waals surface area contributed by atoms with Gasteiger partial charge in [0, 0.05) is 25.9 Å². The number of nitrogens with zero attached hydrogens (tertiary/aromatic N) is 2. The van der Waals surface area contributed by atoms with Gasteiger partial charge in [-0.25, -0.2) is 0 Å². The molecule has 3 aliphatic heterocycles. The average Bonchev–Trinajstić information content (AvgIpc) is 3.88. The van der Waals surface area contributed by atoms with E-state index >= 15 is 0 Å². The van der Waals surface area contributed by atoms with E-state index in [2.05, 4.69) is 139 Å². The quantitative estimate of drug-likeness (QED) is 0.0195. The molecule has 4 N–H and O–H groups in total. The smallest absolute Gasteiger partial charge is 0.321 e. The summed E-state index contributed by atoms with van der Waals surface area (Å²) in [5.74, 6) is 1.11. The van der Waals surface area contributed by atoms with Gasteiger partial charge in [0.15, 0.2) is 33.3 Å². The van der Waals surface area contributed by atoms with Crippen LogP contribution in [0.15, 0.2) is 36.5 Å². The van der Waals surface area contributed by atoms with Crippen LogP contribution in [0.3, 0.4) is 0 Å². The van der Waals surface area contributed by atoms with Gasteiger partial charge in [-0.3, -0.25) is 38.6 Å². The minimum atomic E-state index is -2.21. The molecule has 0 radical (unpaired) electrons. The average molecular weight is 1260 g/mol. The van der Waals surface area contributed by atoms with E-state index in [-0.39, 0.29) is 48.8 Å². The number of unbranched alkanes of at least 4 members (excludes halogenated alkanes) is 3. The van der Waals surface area contributed by atoms with Crippen LogP contribution in [-0.2, 0) is 41.7 Å². The first-order valence-corrected chi connectivity index (χ1v) is 46.3. The third kappa shape index (κ3) is 32.1. The number of carbonyl (C=O) groups is 6. The SMILES string of the molecule is C=C(CC(C)CC(C)CCCC)C1CC(=O)N(CCC[Si](C)(C)O[Si](C)(C)CCN2C(=O)CC(C(=C)CC(C)CC(CC)CCCC)C2=O)C1=O.C=C(CC(C)CC(C)CCCC)C1CC(=O)OC1=O.C[Si](C)(CCCN)O[Si](C)(C)CCCN. The Morgan fingerprint density at radius 1 is 0.494 bits per heavy atom. The Morgan fingerprint density at radius 2 is 0.859 bits per heavy atom. The van der Waals surface area contributed by atoms with Gasteiger partial charge in [0.2, 0.25) is 23.6 Å². The third-order valence-electron chi connectivity index (χ3n) is 17.8. The number of ether oxygens (including phenoxy) is 1. The van der Waals surface area contributed by atoms with Gasteiger partial charge in [0.05, 0.1) is 24.2 Å². The summed E-state index contributed by atoms with van der Waals surface area (Å²) in [7, 11) is -7.28. The van der Waals surface area contributed by atoms with Crippen LogP contribution < -0.4 is 11.5 Å². The van der Waals surface area contributed by atoms with E-state index in [0.717, 1.165) is 87.2 Å². The Labute approximate surface area is 525 Å². The molecule has 492 valence electrons. The molecule has 0 saturated carbocycles. The normalized spacial score (nSPS) is 19.9. The fraction of sp³-hybridized carbons (Fsp3) is 0.824. The lowest BCUT2D eigenvalue weighted by Gasteiger charge is -2.35. The second kappa shape index (κ2) is 40.2. The summed E-state index contributed by atoms with van der Waals surface area (Å²) in [4.78, 5) is 78.2. The van der Waals surface area contributed by atoms with Crippen LogP contribution in [0.5, 0.6) is 0 Å². The van der Waals surface area contributed by atoms with E-state index in [4.69, 9.17) is 19.7 Å². The molecule has 9 atom stereocenters. The van der Waals surface area contributed by atoms with Crippen molar-refractivity contribution in [1.29, 1.82) is 0 Å². The van der Waals surface area contributed by atoms with Crippen molar-refractivity contribution in [3.8, 4) is 0 Å². The molecule has 0 bridgehead atoms. The van der Waals surface area contributed by atoms with Gasteiger partial charge in [0.25, 0.3) is 0 Å². The van der Waals surface area contributed by atoms with E-state index in [9.17, 15) is 28.8 Å². The lowest BCUT2D eigenvalue weighted by atomic mass is 9.84. The van der Waals surface area contributed by atoms with E-state index < -0.39 is 57.0 Å².